The normalized spacial score (nSPS) is 23.3. The van der Waals surface area contributed by atoms with Gasteiger partial charge in [-0.1, -0.05) is 55.7 Å². The van der Waals surface area contributed by atoms with Crippen LogP contribution in [0.4, 0.5) is 22.0 Å². The third-order valence-electron chi connectivity index (χ3n) is 13.4. The average molecular weight is 905 g/mol. The van der Waals surface area contributed by atoms with Gasteiger partial charge < -0.3 is 14.1 Å². The maximum absolute atomic E-state index is 15.1. The summed E-state index contributed by atoms with van der Waals surface area (Å²) < 4.78 is 110. The van der Waals surface area contributed by atoms with Crippen LogP contribution in [0.3, 0.4) is 0 Å². The topological polar surface area (TPSA) is 149 Å². The Hall–Kier alpha value is -5.71. The number of carbonyl (C=O) groups excluding carboxylic acids is 3. The standard InChI is InChI=1S/C47H45F5N4O7S/c1-2-29-23-46(29,45(59)55-64(60,61)32-17-18-32)24-38(57)37-22-31(25-56(37)44(58)34(27-8-4-3-5-9-27)20-26-12-19-35(48)36(49)21-26)62-43-41-40(33-10-6-7-11-39(33)63-41)53-42(54-43)28-13-15-30(16-14-28)47(50,51)52/h2,6-7,10-16,19,21,27,29,31-32,34,37H,1,3-5,8-9,17-18,20,22-25H2,(H,55,59)/t29-,31-,34+,37+,46-/m1/s1. The molecule has 0 spiro atoms. The molecule has 3 heterocycles. The van der Waals surface area contributed by atoms with E-state index in [1.807, 2.05) is 0 Å². The van der Waals surface area contributed by atoms with Crippen LogP contribution in [-0.4, -0.2) is 64.8 Å². The van der Waals surface area contributed by atoms with Crippen LogP contribution in [0.15, 0.2) is 83.8 Å². The number of Topliss-reactive ketones (excluding diaryl/α,β-unsaturated/α-hetero) is 1. The van der Waals surface area contributed by atoms with E-state index in [-0.39, 0.29) is 54.6 Å². The number of sulfonamides is 1. The summed E-state index contributed by atoms with van der Waals surface area (Å²) in [6.45, 7) is 3.67. The van der Waals surface area contributed by atoms with Gasteiger partial charge in [0.1, 0.15) is 17.2 Å². The van der Waals surface area contributed by atoms with Crippen molar-refractivity contribution in [2.24, 2.45) is 23.2 Å². The number of aromatic nitrogens is 2. The second kappa shape index (κ2) is 16.7. The lowest BCUT2D eigenvalue weighted by molar-refractivity contribution is -0.143. The summed E-state index contributed by atoms with van der Waals surface area (Å²) in [5, 5.41) is -0.104. The van der Waals surface area contributed by atoms with Gasteiger partial charge in [0, 0.05) is 29.7 Å². The monoisotopic (exact) mass is 904 g/mol. The molecule has 2 amide bonds. The first kappa shape index (κ1) is 43.5. The molecule has 5 atom stereocenters. The number of para-hydroxylation sites is 1. The van der Waals surface area contributed by atoms with Crippen LogP contribution in [0.1, 0.15) is 75.3 Å². The number of hydrogen-bond acceptors (Lipinski definition) is 9. The molecule has 336 valence electrons. The lowest BCUT2D eigenvalue weighted by atomic mass is 9.76. The van der Waals surface area contributed by atoms with E-state index in [2.05, 4.69) is 21.3 Å². The molecule has 3 saturated carbocycles. The minimum absolute atomic E-state index is 0.0310. The van der Waals surface area contributed by atoms with Crippen molar-refractivity contribution in [2.45, 2.75) is 94.2 Å². The molecule has 1 aliphatic heterocycles. The summed E-state index contributed by atoms with van der Waals surface area (Å²) in [7, 11) is -3.95. The van der Waals surface area contributed by atoms with E-state index in [0.29, 0.717) is 47.7 Å². The van der Waals surface area contributed by atoms with Gasteiger partial charge in [-0.2, -0.15) is 18.2 Å². The molecule has 4 fully saturated rings. The second-order valence-electron chi connectivity index (χ2n) is 17.7. The fraction of sp³-hybridized carbons (Fsp3) is 0.426. The highest BCUT2D eigenvalue weighted by Gasteiger charge is 2.61. The van der Waals surface area contributed by atoms with E-state index in [9.17, 15) is 40.0 Å². The number of hydrogen-bond donors (Lipinski definition) is 1. The number of nitrogens with zero attached hydrogens (tertiary/aromatic N) is 3. The van der Waals surface area contributed by atoms with Crippen molar-refractivity contribution >= 4 is 49.7 Å². The number of ether oxygens (including phenoxy) is 1. The van der Waals surface area contributed by atoms with Gasteiger partial charge in [-0.15, -0.1) is 6.58 Å². The molecule has 2 aromatic heterocycles. The van der Waals surface area contributed by atoms with Crippen LogP contribution in [0.2, 0.25) is 0 Å². The van der Waals surface area contributed by atoms with Crippen LogP contribution in [-0.2, 0) is 37.0 Å². The van der Waals surface area contributed by atoms with Gasteiger partial charge >= 0.3 is 6.18 Å². The number of carbonyl (C=O) groups is 3. The summed E-state index contributed by atoms with van der Waals surface area (Å²) in [5.41, 5.74) is -0.744. The van der Waals surface area contributed by atoms with Gasteiger partial charge in [0.15, 0.2) is 23.2 Å². The van der Waals surface area contributed by atoms with E-state index in [1.54, 1.807) is 24.3 Å². The Morgan fingerprint density at radius 3 is 2.38 bits per heavy atom. The Morgan fingerprint density at radius 2 is 1.70 bits per heavy atom. The highest BCUT2D eigenvalue weighted by molar-refractivity contribution is 7.90. The number of amides is 2. The largest absolute Gasteiger partial charge is 0.470 e. The number of nitrogens with one attached hydrogen (secondary N) is 1. The third-order valence-corrected chi connectivity index (χ3v) is 15.2. The first-order valence-corrected chi connectivity index (χ1v) is 23.1. The zero-order valence-corrected chi connectivity index (χ0v) is 35.4. The number of furan rings is 1. The molecule has 64 heavy (non-hydrogen) atoms. The number of benzene rings is 3. The van der Waals surface area contributed by atoms with E-state index >= 15 is 4.79 Å². The van der Waals surface area contributed by atoms with Gasteiger partial charge in [-0.25, -0.2) is 22.2 Å². The Kier molecular flexibility index (Phi) is 11.4. The number of allylic oxidation sites excluding steroid dienone is 1. The van der Waals surface area contributed by atoms with Gasteiger partial charge in [0.2, 0.25) is 27.4 Å². The fourth-order valence-electron chi connectivity index (χ4n) is 9.61. The summed E-state index contributed by atoms with van der Waals surface area (Å²) >= 11 is 0. The Labute approximate surface area is 365 Å². The van der Waals surface area contributed by atoms with Gasteiger partial charge in [-0.3, -0.25) is 19.1 Å². The Morgan fingerprint density at radius 1 is 0.969 bits per heavy atom. The quantitative estimate of drug-likeness (QED) is 0.0852. The molecule has 17 heteroatoms. The first-order valence-electron chi connectivity index (χ1n) is 21.5. The molecule has 0 radical (unpaired) electrons. The number of halogens is 5. The summed E-state index contributed by atoms with van der Waals surface area (Å²) in [4.78, 5) is 54.4. The molecular formula is C47H45F5N4O7S. The van der Waals surface area contributed by atoms with Crippen molar-refractivity contribution in [1.82, 2.24) is 19.6 Å². The summed E-state index contributed by atoms with van der Waals surface area (Å²) in [5.74, 6) is -5.23. The highest BCUT2D eigenvalue weighted by atomic mass is 32.2. The predicted molar refractivity (Wildman–Crippen MR) is 225 cm³/mol. The number of rotatable bonds is 14. The van der Waals surface area contributed by atoms with Crippen molar-refractivity contribution < 1.29 is 53.9 Å². The molecule has 9 rings (SSSR count). The molecular weight excluding hydrogens is 860 g/mol. The second-order valence-corrected chi connectivity index (χ2v) is 19.6. The van der Waals surface area contributed by atoms with E-state index < -0.39 is 92.1 Å². The third kappa shape index (κ3) is 8.50. The zero-order valence-electron chi connectivity index (χ0n) is 34.6. The van der Waals surface area contributed by atoms with Gasteiger partial charge in [0.25, 0.3) is 5.88 Å². The van der Waals surface area contributed by atoms with Crippen LogP contribution >= 0.6 is 0 Å². The first-order chi connectivity index (χ1) is 30.5. The SMILES string of the molecule is C=C[C@@H]1C[C@]1(CC(=O)[C@@H]1C[C@@H](Oc2nc(-c3ccc(C(F)(F)F)cc3)nc3c2oc2ccccc23)CN1C(=O)[C@@H](Cc1ccc(F)c(F)c1)C1CCCCC1)C(=O)NS(=O)(=O)C1CC1. The molecule has 0 unspecified atom stereocenters. The molecule has 3 aliphatic carbocycles. The van der Waals surface area contributed by atoms with Crippen molar-refractivity contribution in [2.75, 3.05) is 6.54 Å². The predicted octanol–water partition coefficient (Wildman–Crippen LogP) is 8.89. The number of ketones is 1. The fourth-order valence-corrected chi connectivity index (χ4v) is 11.0. The maximum atomic E-state index is 15.1. The lowest BCUT2D eigenvalue weighted by Crippen LogP contribution is -2.48. The highest BCUT2D eigenvalue weighted by Crippen LogP contribution is 2.57. The van der Waals surface area contributed by atoms with Gasteiger partial charge in [-0.05, 0) is 92.3 Å². The van der Waals surface area contributed by atoms with E-state index in [0.717, 1.165) is 43.5 Å². The summed E-state index contributed by atoms with van der Waals surface area (Å²) in [6, 6.07) is 13.7. The number of fused-ring (bicyclic) bond motifs is 3. The molecule has 0 bridgehead atoms. The average Bonchev–Trinajstić information content (AvgIpc) is 4.18. The molecule has 3 aromatic carbocycles. The van der Waals surface area contributed by atoms with E-state index in [4.69, 9.17) is 9.15 Å². The van der Waals surface area contributed by atoms with Crippen molar-refractivity contribution in [3.05, 3.63) is 102 Å². The Balaban J connectivity index is 1.08. The van der Waals surface area contributed by atoms with Crippen molar-refractivity contribution in [1.29, 1.82) is 0 Å². The van der Waals surface area contributed by atoms with Crippen LogP contribution in [0.25, 0.3) is 33.5 Å². The van der Waals surface area contributed by atoms with Crippen LogP contribution < -0.4 is 9.46 Å². The molecule has 4 aliphatic rings. The smallest absolute Gasteiger partial charge is 0.416 e. The maximum Gasteiger partial charge on any atom is 0.416 e. The van der Waals surface area contributed by atoms with Crippen LogP contribution in [0, 0.1) is 34.8 Å². The lowest BCUT2D eigenvalue weighted by Gasteiger charge is -2.34. The molecule has 1 saturated heterocycles. The number of alkyl halides is 3. The minimum atomic E-state index is -4.58. The molecule has 5 aromatic rings. The van der Waals surface area contributed by atoms with Gasteiger partial charge in [0.05, 0.1) is 28.8 Å². The minimum Gasteiger partial charge on any atom is -0.470 e. The summed E-state index contributed by atoms with van der Waals surface area (Å²) in [6.07, 6.45) is 0.704. The van der Waals surface area contributed by atoms with Crippen molar-refractivity contribution in [3.63, 3.8) is 0 Å². The Bertz CT molecular complexity index is 2770. The van der Waals surface area contributed by atoms with Crippen LogP contribution in [0.5, 0.6) is 5.88 Å². The number of likely N-dealkylation sites (tertiary alicyclic amines) is 1. The zero-order chi connectivity index (χ0) is 45.1. The van der Waals surface area contributed by atoms with E-state index in [1.165, 1.54) is 29.2 Å². The van der Waals surface area contributed by atoms with Crippen molar-refractivity contribution in [3.8, 4) is 17.3 Å². The molecule has 1 N–H and O–H groups in total. The molecule has 11 nitrogen and oxygen atoms in total.